The van der Waals surface area contributed by atoms with E-state index in [0.717, 1.165) is 11.1 Å². The topological polar surface area (TPSA) is 103 Å². The lowest BCUT2D eigenvalue weighted by Gasteiger charge is -2.17. The number of hydrogen-bond donors (Lipinski definition) is 2. The summed E-state index contributed by atoms with van der Waals surface area (Å²) < 4.78 is 7.40. The molecule has 0 saturated heterocycles. The summed E-state index contributed by atoms with van der Waals surface area (Å²) in [6, 6.07) is 14.8. The van der Waals surface area contributed by atoms with Gasteiger partial charge in [0.2, 0.25) is 0 Å². The number of hydrogen-bond acceptors (Lipinski definition) is 6. The van der Waals surface area contributed by atoms with E-state index in [1.807, 2.05) is 49.4 Å². The molecule has 0 aliphatic heterocycles. The Morgan fingerprint density at radius 1 is 1.06 bits per heavy atom. The van der Waals surface area contributed by atoms with Crippen molar-refractivity contribution in [3.05, 3.63) is 83.6 Å². The Hall–Kier alpha value is -3.68. The molecular formula is C23H18ClN5O2. The number of aryl methyl sites for hydroxylation is 1. The molecule has 0 radical (unpaired) electrons. The lowest BCUT2D eigenvalue weighted by molar-refractivity contribution is 0.142. The first-order valence-electron chi connectivity index (χ1n) is 9.60. The van der Waals surface area contributed by atoms with E-state index in [1.54, 1.807) is 29.2 Å². The molecule has 3 N–H and O–H groups in total. The van der Waals surface area contributed by atoms with E-state index in [-0.39, 0.29) is 11.5 Å². The Bertz CT molecular complexity index is 1390. The predicted octanol–water partition coefficient (Wildman–Crippen LogP) is 4.84. The minimum atomic E-state index is -1.09. The molecule has 0 aliphatic rings. The fourth-order valence-electron chi connectivity index (χ4n) is 3.52. The average Bonchev–Trinajstić information content (AvgIpc) is 3.45. The fraction of sp³-hybridized carbons (Fsp3) is 0.0870. The molecule has 154 valence electrons. The van der Waals surface area contributed by atoms with Crippen molar-refractivity contribution in [3.8, 4) is 22.7 Å². The van der Waals surface area contributed by atoms with Gasteiger partial charge in [0.1, 0.15) is 22.8 Å². The summed E-state index contributed by atoms with van der Waals surface area (Å²) in [6.07, 6.45) is 4.06. The van der Waals surface area contributed by atoms with E-state index in [2.05, 4.69) is 9.97 Å². The third-order valence-electron chi connectivity index (χ3n) is 5.01. The highest BCUT2D eigenvalue weighted by atomic mass is 35.5. The third kappa shape index (κ3) is 3.43. The van der Waals surface area contributed by atoms with Gasteiger partial charge in [-0.2, -0.15) is 0 Å². The molecule has 0 spiro atoms. The summed E-state index contributed by atoms with van der Waals surface area (Å²) in [5.74, 6) is 1.37. The monoisotopic (exact) mass is 431 g/mol. The van der Waals surface area contributed by atoms with E-state index in [9.17, 15) is 5.11 Å². The average molecular weight is 432 g/mol. The predicted molar refractivity (Wildman–Crippen MR) is 119 cm³/mol. The van der Waals surface area contributed by atoms with Gasteiger partial charge in [-0.05, 0) is 49.4 Å². The molecule has 0 amide bonds. The highest BCUT2D eigenvalue weighted by molar-refractivity contribution is 6.35. The minimum absolute atomic E-state index is 0.113. The molecule has 8 heteroatoms. The number of aliphatic hydroxyl groups is 1. The SMILES string of the molecule is Cc1ccc(-c2nc(N)c(C(O)n3cccc3)nc2-c2cc(Cl)c3ncccc3c2)o1. The molecular weight excluding hydrogens is 414 g/mol. The number of benzene rings is 1. The van der Waals surface area contributed by atoms with E-state index in [1.165, 1.54) is 0 Å². The molecule has 4 heterocycles. The highest BCUT2D eigenvalue weighted by Crippen LogP contribution is 2.36. The number of nitrogens with zero attached hydrogens (tertiary/aromatic N) is 4. The van der Waals surface area contributed by atoms with Crippen LogP contribution in [0.3, 0.4) is 0 Å². The molecule has 0 bridgehead atoms. The van der Waals surface area contributed by atoms with Crippen LogP contribution in [-0.4, -0.2) is 24.6 Å². The Kier molecular flexibility index (Phi) is 4.69. The Balaban J connectivity index is 1.76. The maximum absolute atomic E-state index is 10.8. The first kappa shape index (κ1) is 19.3. The summed E-state index contributed by atoms with van der Waals surface area (Å²) in [5.41, 5.74) is 8.82. The van der Waals surface area contributed by atoms with Crippen LogP contribution in [-0.2, 0) is 0 Å². The molecule has 0 saturated carbocycles. The van der Waals surface area contributed by atoms with Crippen molar-refractivity contribution in [2.24, 2.45) is 0 Å². The van der Waals surface area contributed by atoms with Gasteiger partial charge in [0.15, 0.2) is 17.8 Å². The number of nitrogen functional groups attached to an aromatic ring is 1. The third-order valence-corrected chi connectivity index (χ3v) is 5.30. The van der Waals surface area contributed by atoms with E-state index < -0.39 is 6.23 Å². The molecule has 0 fully saturated rings. The van der Waals surface area contributed by atoms with Crippen molar-refractivity contribution in [2.45, 2.75) is 13.2 Å². The van der Waals surface area contributed by atoms with Gasteiger partial charge in [0, 0.05) is 29.5 Å². The lowest BCUT2D eigenvalue weighted by Crippen LogP contribution is -2.14. The molecule has 0 aliphatic carbocycles. The van der Waals surface area contributed by atoms with E-state index in [4.69, 9.17) is 26.7 Å². The van der Waals surface area contributed by atoms with Crippen LogP contribution >= 0.6 is 11.6 Å². The van der Waals surface area contributed by atoms with Crippen LogP contribution in [0.25, 0.3) is 33.6 Å². The van der Waals surface area contributed by atoms with Crippen molar-refractivity contribution in [1.29, 1.82) is 0 Å². The normalized spacial score (nSPS) is 12.4. The van der Waals surface area contributed by atoms with Crippen molar-refractivity contribution < 1.29 is 9.52 Å². The quantitative estimate of drug-likeness (QED) is 0.422. The largest absolute Gasteiger partial charge is 0.460 e. The minimum Gasteiger partial charge on any atom is -0.460 e. The number of aromatic nitrogens is 4. The summed E-state index contributed by atoms with van der Waals surface area (Å²) in [7, 11) is 0. The highest BCUT2D eigenvalue weighted by Gasteiger charge is 2.23. The van der Waals surface area contributed by atoms with Crippen molar-refractivity contribution >= 4 is 28.3 Å². The maximum Gasteiger partial charge on any atom is 0.177 e. The first-order valence-corrected chi connectivity index (χ1v) is 9.98. The zero-order valence-corrected chi connectivity index (χ0v) is 17.3. The number of furan rings is 1. The van der Waals surface area contributed by atoms with Crippen LogP contribution in [0.15, 0.2) is 71.5 Å². The van der Waals surface area contributed by atoms with Crippen LogP contribution in [0, 0.1) is 6.92 Å². The van der Waals surface area contributed by atoms with Crippen LogP contribution in [0.4, 0.5) is 5.82 Å². The van der Waals surface area contributed by atoms with E-state index in [0.29, 0.717) is 33.3 Å². The van der Waals surface area contributed by atoms with Crippen molar-refractivity contribution in [3.63, 3.8) is 0 Å². The van der Waals surface area contributed by atoms with Crippen LogP contribution in [0.1, 0.15) is 17.7 Å². The summed E-state index contributed by atoms with van der Waals surface area (Å²) in [5, 5.41) is 12.2. The Morgan fingerprint density at radius 3 is 2.61 bits per heavy atom. The molecule has 5 aromatic rings. The van der Waals surface area contributed by atoms with Gasteiger partial charge in [-0.25, -0.2) is 9.97 Å². The Morgan fingerprint density at radius 2 is 1.87 bits per heavy atom. The molecule has 7 nitrogen and oxygen atoms in total. The zero-order chi connectivity index (χ0) is 21.5. The number of fused-ring (bicyclic) bond motifs is 1. The van der Waals surface area contributed by atoms with Gasteiger partial charge in [0.25, 0.3) is 0 Å². The number of pyridine rings is 1. The first-order chi connectivity index (χ1) is 15.0. The summed E-state index contributed by atoms with van der Waals surface area (Å²) >= 11 is 6.52. The van der Waals surface area contributed by atoms with Gasteiger partial charge in [0.05, 0.1) is 10.5 Å². The number of halogens is 1. The van der Waals surface area contributed by atoms with Crippen molar-refractivity contribution in [1.82, 2.24) is 19.5 Å². The smallest absolute Gasteiger partial charge is 0.177 e. The van der Waals surface area contributed by atoms with Gasteiger partial charge < -0.3 is 19.8 Å². The molecule has 5 rings (SSSR count). The Labute approximate surface area is 182 Å². The second-order valence-electron chi connectivity index (χ2n) is 7.14. The molecule has 31 heavy (non-hydrogen) atoms. The molecule has 4 aromatic heterocycles. The summed E-state index contributed by atoms with van der Waals surface area (Å²) in [4.78, 5) is 13.6. The molecule has 1 unspecified atom stereocenters. The van der Waals surface area contributed by atoms with Crippen LogP contribution < -0.4 is 5.73 Å². The second-order valence-corrected chi connectivity index (χ2v) is 7.55. The van der Waals surface area contributed by atoms with Gasteiger partial charge in [-0.3, -0.25) is 4.98 Å². The second kappa shape index (κ2) is 7.54. The lowest BCUT2D eigenvalue weighted by atomic mass is 10.0. The van der Waals surface area contributed by atoms with Crippen molar-refractivity contribution in [2.75, 3.05) is 5.73 Å². The summed E-state index contributed by atoms with van der Waals surface area (Å²) in [6.45, 7) is 1.85. The number of nitrogens with two attached hydrogens (primary N) is 1. The fourth-order valence-corrected chi connectivity index (χ4v) is 3.80. The van der Waals surface area contributed by atoms with E-state index >= 15 is 0 Å². The number of aliphatic hydroxyl groups excluding tert-OH is 1. The van der Waals surface area contributed by atoms with Crippen LogP contribution in [0.5, 0.6) is 0 Å². The number of anilines is 1. The molecule has 1 atom stereocenters. The molecule has 1 aromatic carbocycles. The van der Waals surface area contributed by atoms with Gasteiger partial charge in [-0.1, -0.05) is 17.7 Å². The standard InChI is InChI=1S/C23H18ClN5O2/c1-13-6-7-17(31-13)20-19(15-11-14-5-4-8-26-18(14)16(24)12-15)27-21(22(25)28-20)23(30)29-9-2-3-10-29/h2-12,23,30H,1H3,(H2,25,28). The van der Waals surface area contributed by atoms with Crippen LogP contribution in [0.2, 0.25) is 5.02 Å². The number of rotatable bonds is 4. The van der Waals surface area contributed by atoms with Gasteiger partial charge in [-0.15, -0.1) is 0 Å². The maximum atomic E-state index is 10.8. The van der Waals surface area contributed by atoms with Gasteiger partial charge >= 0.3 is 0 Å². The zero-order valence-electron chi connectivity index (χ0n) is 16.5.